The first-order valence-electron chi connectivity index (χ1n) is 8.29. The molecule has 2 rings (SSSR count). The first-order valence-corrected chi connectivity index (χ1v) is 8.29. The summed E-state index contributed by atoms with van der Waals surface area (Å²) < 4.78 is 7.37. The van der Waals surface area contributed by atoms with Gasteiger partial charge in [0.1, 0.15) is 0 Å². The first-order chi connectivity index (χ1) is 11.0. The highest BCUT2D eigenvalue weighted by atomic mass is 16.5. The van der Waals surface area contributed by atoms with E-state index < -0.39 is 0 Å². The number of urea groups is 1. The van der Waals surface area contributed by atoms with E-state index in [1.807, 2.05) is 35.9 Å². The number of anilines is 1. The van der Waals surface area contributed by atoms with E-state index in [-0.39, 0.29) is 12.1 Å². The van der Waals surface area contributed by atoms with Crippen LogP contribution in [-0.2, 0) is 11.3 Å². The van der Waals surface area contributed by atoms with Crippen molar-refractivity contribution < 1.29 is 9.53 Å². The minimum Gasteiger partial charge on any atom is -0.377 e. The van der Waals surface area contributed by atoms with Gasteiger partial charge in [0.05, 0.1) is 25.8 Å². The van der Waals surface area contributed by atoms with Crippen LogP contribution in [0.1, 0.15) is 20.3 Å². The molecule has 2 heterocycles. The third-order valence-corrected chi connectivity index (χ3v) is 3.88. The molecule has 7 heteroatoms. The van der Waals surface area contributed by atoms with Gasteiger partial charge < -0.3 is 14.5 Å². The molecule has 1 aromatic heterocycles. The summed E-state index contributed by atoms with van der Waals surface area (Å²) in [4.78, 5) is 16.5. The number of hydrogen-bond acceptors (Lipinski definition) is 4. The van der Waals surface area contributed by atoms with Gasteiger partial charge in [0.2, 0.25) is 0 Å². The number of aromatic nitrogens is 2. The highest BCUT2D eigenvalue weighted by Gasteiger charge is 2.28. The summed E-state index contributed by atoms with van der Waals surface area (Å²) in [6, 6.07) is 1.89. The predicted molar refractivity (Wildman–Crippen MR) is 90.6 cm³/mol. The number of morpholine rings is 1. The molecule has 1 aromatic rings. The van der Waals surface area contributed by atoms with Gasteiger partial charge >= 0.3 is 6.03 Å². The number of rotatable bonds is 6. The molecule has 0 radical (unpaired) electrons. The van der Waals surface area contributed by atoms with Crippen LogP contribution < -0.4 is 5.32 Å². The van der Waals surface area contributed by atoms with Gasteiger partial charge in [-0.1, -0.05) is 13.8 Å². The first kappa shape index (κ1) is 17.7. The van der Waals surface area contributed by atoms with Gasteiger partial charge in [-0.2, -0.15) is 5.10 Å². The molecule has 130 valence electrons. The lowest BCUT2D eigenvalue weighted by molar-refractivity contribution is 0.00855. The van der Waals surface area contributed by atoms with Crippen LogP contribution in [0.15, 0.2) is 12.3 Å². The average molecular weight is 323 g/mol. The molecule has 7 nitrogen and oxygen atoms in total. The van der Waals surface area contributed by atoms with E-state index in [0.29, 0.717) is 31.5 Å². The molecule has 1 N–H and O–H groups in total. The summed E-state index contributed by atoms with van der Waals surface area (Å²) in [5.41, 5.74) is 0. The monoisotopic (exact) mass is 323 g/mol. The van der Waals surface area contributed by atoms with Crippen molar-refractivity contribution in [2.75, 3.05) is 45.7 Å². The summed E-state index contributed by atoms with van der Waals surface area (Å²) in [5, 5.41) is 7.31. The Labute approximate surface area is 138 Å². The van der Waals surface area contributed by atoms with Gasteiger partial charge in [-0.15, -0.1) is 0 Å². The fraction of sp³-hybridized carbons (Fsp3) is 0.750. The Morgan fingerprint density at radius 2 is 2.30 bits per heavy atom. The number of likely N-dealkylation sites (N-methyl/N-ethyl adjacent to an activating group) is 1. The molecule has 1 atom stereocenters. The van der Waals surface area contributed by atoms with Crippen LogP contribution in [0.25, 0.3) is 0 Å². The summed E-state index contributed by atoms with van der Waals surface area (Å²) in [6.45, 7) is 7.88. The SMILES string of the molecule is CC(C)C[C@H]1COCCN1C(=O)Nc1ccn(CCN(C)C)n1. The fourth-order valence-corrected chi connectivity index (χ4v) is 2.70. The van der Waals surface area contributed by atoms with Crippen molar-refractivity contribution in [2.45, 2.75) is 32.9 Å². The highest BCUT2D eigenvalue weighted by Crippen LogP contribution is 2.17. The van der Waals surface area contributed by atoms with E-state index >= 15 is 0 Å². The van der Waals surface area contributed by atoms with E-state index in [4.69, 9.17) is 4.74 Å². The Morgan fingerprint density at radius 1 is 1.52 bits per heavy atom. The van der Waals surface area contributed by atoms with Gasteiger partial charge in [-0.25, -0.2) is 4.79 Å². The Morgan fingerprint density at radius 3 is 3.00 bits per heavy atom. The van der Waals surface area contributed by atoms with Crippen LogP contribution >= 0.6 is 0 Å². The second-order valence-electron chi connectivity index (χ2n) is 6.75. The average Bonchev–Trinajstić information content (AvgIpc) is 2.92. The molecular weight excluding hydrogens is 294 g/mol. The summed E-state index contributed by atoms with van der Waals surface area (Å²) in [6.07, 6.45) is 2.84. The number of nitrogens with zero attached hydrogens (tertiary/aromatic N) is 4. The Kier molecular flexibility index (Phi) is 6.41. The van der Waals surface area contributed by atoms with Crippen molar-refractivity contribution in [1.82, 2.24) is 19.6 Å². The summed E-state index contributed by atoms with van der Waals surface area (Å²) >= 11 is 0. The summed E-state index contributed by atoms with van der Waals surface area (Å²) in [5.74, 6) is 1.13. The van der Waals surface area contributed by atoms with Crippen molar-refractivity contribution in [3.63, 3.8) is 0 Å². The molecule has 1 aliphatic heterocycles. The zero-order valence-corrected chi connectivity index (χ0v) is 14.7. The largest absolute Gasteiger partial charge is 0.377 e. The van der Waals surface area contributed by atoms with Crippen LogP contribution in [0.2, 0.25) is 0 Å². The molecule has 1 aliphatic rings. The number of hydrogen-bond donors (Lipinski definition) is 1. The third kappa shape index (κ3) is 5.51. The molecule has 23 heavy (non-hydrogen) atoms. The van der Waals surface area contributed by atoms with Crippen molar-refractivity contribution in [3.05, 3.63) is 12.3 Å². The van der Waals surface area contributed by atoms with Crippen LogP contribution in [0, 0.1) is 5.92 Å². The second-order valence-corrected chi connectivity index (χ2v) is 6.75. The Hall–Kier alpha value is -1.60. The molecular formula is C16H29N5O2. The van der Waals surface area contributed by atoms with Crippen molar-refractivity contribution in [2.24, 2.45) is 5.92 Å². The molecule has 0 bridgehead atoms. The molecule has 1 fully saturated rings. The van der Waals surface area contributed by atoms with Gasteiger partial charge in [-0.3, -0.25) is 10.00 Å². The zero-order valence-electron chi connectivity index (χ0n) is 14.7. The second kappa shape index (κ2) is 8.31. The van der Waals surface area contributed by atoms with Crippen LogP contribution in [-0.4, -0.2) is 72.1 Å². The number of carbonyl (C=O) groups is 1. The molecule has 0 aromatic carbocycles. The Bertz CT molecular complexity index is 500. The predicted octanol–water partition coefficient (Wildman–Crippen LogP) is 1.72. The maximum Gasteiger partial charge on any atom is 0.323 e. The summed E-state index contributed by atoms with van der Waals surface area (Å²) in [7, 11) is 4.05. The normalized spacial score (nSPS) is 18.7. The molecule has 1 saturated heterocycles. The quantitative estimate of drug-likeness (QED) is 0.866. The smallest absolute Gasteiger partial charge is 0.323 e. The molecule has 0 saturated carbocycles. The molecule has 0 aliphatic carbocycles. The van der Waals surface area contributed by atoms with Crippen LogP contribution in [0.5, 0.6) is 0 Å². The lowest BCUT2D eigenvalue weighted by atomic mass is 10.0. The fourth-order valence-electron chi connectivity index (χ4n) is 2.70. The lowest BCUT2D eigenvalue weighted by Crippen LogP contribution is -2.50. The number of carbonyl (C=O) groups excluding carboxylic acids is 1. The maximum atomic E-state index is 12.5. The number of nitrogens with one attached hydrogen (secondary N) is 1. The maximum absolute atomic E-state index is 12.5. The minimum atomic E-state index is -0.0863. The number of ether oxygens (including phenoxy) is 1. The number of amides is 2. The van der Waals surface area contributed by atoms with Gasteiger partial charge in [0.25, 0.3) is 0 Å². The van der Waals surface area contributed by atoms with Crippen LogP contribution in [0.4, 0.5) is 10.6 Å². The van der Waals surface area contributed by atoms with Gasteiger partial charge in [0, 0.05) is 25.4 Å². The van der Waals surface area contributed by atoms with Crippen LogP contribution in [0.3, 0.4) is 0 Å². The van der Waals surface area contributed by atoms with Crippen molar-refractivity contribution >= 4 is 11.8 Å². The van der Waals surface area contributed by atoms with E-state index in [0.717, 1.165) is 19.5 Å². The standard InChI is InChI=1S/C16H29N5O2/c1-13(2)11-14-12-23-10-9-21(14)16(22)17-15-5-6-20(18-15)8-7-19(3)4/h5-6,13-14H,7-12H2,1-4H3,(H,17,18,22)/t14-/m0/s1. The van der Waals surface area contributed by atoms with Gasteiger partial charge in [-0.05, 0) is 26.4 Å². The lowest BCUT2D eigenvalue weighted by Gasteiger charge is -2.36. The molecule has 0 unspecified atom stereocenters. The van der Waals surface area contributed by atoms with E-state index in [9.17, 15) is 4.79 Å². The van der Waals surface area contributed by atoms with Gasteiger partial charge in [0.15, 0.2) is 5.82 Å². The van der Waals surface area contributed by atoms with E-state index in [1.54, 1.807) is 0 Å². The highest BCUT2D eigenvalue weighted by molar-refractivity contribution is 5.88. The van der Waals surface area contributed by atoms with E-state index in [2.05, 4.69) is 29.2 Å². The molecule has 0 spiro atoms. The topological polar surface area (TPSA) is 62.6 Å². The van der Waals surface area contributed by atoms with Crippen molar-refractivity contribution in [1.29, 1.82) is 0 Å². The van der Waals surface area contributed by atoms with Crippen molar-refractivity contribution in [3.8, 4) is 0 Å². The van der Waals surface area contributed by atoms with E-state index in [1.165, 1.54) is 0 Å². The third-order valence-electron chi connectivity index (χ3n) is 3.88. The molecule has 2 amide bonds. The Balaban J connectivity index is 1.91. The zero-order chi connectivity index (χ0) is 16.8. The minimum absolute atomic E-state index is 0.0863.